The van der Waals surface area contributed by atoms with Crippen LogP contribution in [0.3, 0.4) is 0 Å². The Hall–Kier alpha value is -1.35. The van der Waals surface area contributed by atoms with Crippen LogP contribution in [-0.4, -0.2) is 21.6 Å². The Kier molecular flexibility index (Phi) is 3.68. The average molecular weight is 259 g/mol. The van der Waals surface area contributed by atoms with Crippen LogP contribution in [0.4, 0.5) is 0 Å². The predicted molar refractivity (Wildman–Crippen MR) is 81.7 cm³/mol. The van der Waals surface area contributed by atoms with Crippen LogP contribution in [0.25, 0.3) is 11.0 Å². The van der Waals surface area contributed by atoms with Gasteiger partial charge >= 0.3 is 0 Å². The summed E-state index contributed by atoms with van der Waals surface area (Å²) in [6, 6.07) is 4.81. The van der Waals surface area contributed by atoms with Crippen molar-refractivity contribution >= 4 is 11.0 Å². The minimum atomic E-state index is 0.150. The van der Waals surface area contributed by atoms with E-state index in [-0.39, 0.29) is 5.54 Å². The van der Waals surface area contributed by atoms with Crippen molar-refractivity contribution in [3.8, 4) is 0 Å². The van der Waals surface area contributed by atoms with Gasteiger partial charge in [-0.15, -0.1) is 0 Å². The molecule has 0 amide bonds. The Morgan fingerprint density at radius 1 is 1.21 bits per heavy atom. The van der Waals surface area contributed by atoms with Gasteiger partial charge in [0.15, 0.2) is 0 Å². The lowest BCUT2D eigenvalue weighted by Crippen LogP contribution is -2.39. The molecule has 1 aromatic heterocycles. The molecule has 0 aliphatic carbocycles. The minimum absolute atomic E-state index is 0.150. The van der Waals surface area contributed by atoms with Crippen LogP contribution < -0.4 is 5.32 Å². The molecule has 0 radical (unpaired) electrons. The van der Waals surface area contributed by atoms with Gasteiger partial charge < -0.3 is 9.88 Å². The van der Waals surface area contributed by atoms with E-state index in [0.717, 1.165) is 12.1 Å². The molecule has 104 valence electrons. The number of hydrogen-bond donors (Lipinski definition) is 1. The summed E-state index contributed by atoms with van der Waals surface area (Å²) in [7, 11) is 0. The second-order valence-electron chi connectivity index (χ2n) is 6.56. The normalized spacial score (nSPS) is 14.0. The van der Waals surface area contributed by atoms with Crippen molar-refractivity contribution in [1.29, 1.82) is 0 Å². The number of nitrogens with zero attached hydrogens (tertiary/aromatic N) is 2. The van der Waals surface area contributed by atoms with Crippen molar-refractivity contribution in [2.75, 3.05) is 6.54 Å². The summed E-state index contributed by atoms with van der Waals surface area (Å²) in [5.41, 5.74) is 5.09. The molecule has 0 fully saturated rings. The Bertz CT molecular complexity index is 575. The molecular weight excluding hydrogens is 234 g/mol. The number of imidazole rings is 1. The summed E-state index contributed by atoms with van der Waals surface area (Å²) in [4.78, 5) is 4.52. The van der Waals surface area contributed by atoms with Gasteiger partial charge in [-0.25, -0.2) is 4.98 Å². The van der Waals surface area contributed by atoms with E-state index in [4.69, 9.17) is 0 Å². The number of nitrogens with one attached hydrogen (secondary N) is 1. The number of fused-ring (bicyclic) bond motifs is 1. The average Bonchev–Trinajstić information content (AvgIpc) is 2.69. The topological polar surface area (TPSA) is 29.9 Å². The minimum Gasteiger partial charge on any atom is -0.326 e. The smallest absolute Gasteiger partial charge is 0.0961 e. The molecule has 1 unspecified atom stereocenters. The van der Waals surface area contributed by atoms with Gasteiger partial charge in [-0.1, -0.05) is 0 Å². The molecule has 2 rings (SSSR count). The number of rotatable bonds is 3. The highest BCUT2D eigenvalue weighted by molar-refractivity contribution is 5.77. The molecule has 1 heterocycles. The standard InChI is InChI=1S/C16H25N3/c1-11-7-14-15(8-12(11)2)19(10-17-14)13(3)9-18-16(4,5)6/h7-8,10,13,18H,9H2,1-6H3. The first-order valence-electron chi connectivity index (χ1n) is 6.97. The Morgan fingerprint density at radius 3 is 2.47 bits per heavy atom. The predicted octanol–water partition coefficient (Wildman–Crippen LogP) is 3.60. The summed E-state index contributed by atoms with van der Waals surface area (Å²) in [5.74, 6) is 0. The van der Waals surface area contributed by atoms with Gasteiger partial charge in [0, 0.05) is 18.1 Å². The molecule has 19 heavy (non-hydrogen) atoms. The third-order valence-electron chi connectivity index (χ3n) is 3.59. The fourth-order valence-corrected chi connectivity index (χ4v) is 2.19. The second kappa shape index (κ2) is 4.97. The maximum absolute atomic E-state index is 4.52. The van der Waals surface area contributed by atoms with Crippen LogP contribution in [0.2, 0.25) is 0 Å². The highest BCUT2D eigenvalue weighted by atomic mass is 15.1. The van der Waals surface area contributed by atoms with E-state index in [2.05, 4.69) is 68.5 Å². The first-order chi connectivity index (χ1) is 8.78. The summed E-state index contributed by atoms with van der Waals surface area (Å²) in [5, 5.41) is 3.55. The lowest BCUT2D eigenvalue weighted by Gasteiger charge is -2.24. The highest BCUT2D eigenvalue weighted by Crippen LogP contribution is 2.21. The maximum atomic E-state index is 4.52. The lowest BCUT2D eigenvalue weighted by atomic mass is 10.1. The van der Waals surface area contributed by atoms with Crippen LogP contribution in [0.15, 0.2) is 18.5 Å². The van der Waals surface area contributed by atoms with Gasteiger partial charge in [-0.3, -0.25) is 0 Å². The maximum Gasteiger partial charge on any atom is 0.0961 e. The number of aryl methyl sites for hydroxylation is 2. The van der Waals surface area contributed by atoms with Crippen molar-refractivity contribution in [3.63, 3.8) is 0 Å². The van der Waals surface area contributed by atoms with Gasteiger partial charge in [0.2, 0.25) is 0 Å². The number of aromatic nitrogens is 2. The van der Waals surface area contributed by atoms with Crippen LogP contribution in [-0.2, 0) is 0 Å². The molecule has 1 N–H and O–H groups in total. The highest BCUT2D eigenvalue weighted by Gasteiger charge is 2.14. The van der Waals surface area contributed by atoms with Gasteiger partial charge in [-0.05, 0) is 64.8 Å². The first kappa shape index (κ1) is 14.1. The van der Waals surface area contributed by atoms with E-state index in [0.29, 0.717) is 6.04 Å². The van der Waals surface area contributed by atoms with Crippen molar-refractivity contribution < 1.29 is 0 Å². The molecule has 2 aromatic rings. The molecule has 0 aliphatic rings. The largest absolute Gasteiger partial charge is 0.326 e. The molecule has 0 aliphatic heterocycles. The molecule has 3 nitrogen and oxygen atoms in total. The van der Waals surface area contributed by atoms with E-state index in [9.17, 15) is 0 Å². The lowest BCUT2D eigenvalue weighted by molar-refractivity contribution is 0.382. The Morgan fingerprint density at radius 2 is 1.84 bits per heavy atom. The molecule has 0 saturated heterocycles. The van der Waals surface area contributed by atoms with E-state index >= 15 is 0 Å². The number of benzene rings is 1. The summed E-state index contributed by atoms with van der Waals surface area (Å²) in [6.07, 6.45) is 1.96. The van der Waals surface area contributed by atoms with Crippen LogP contribution in [0.1, 0.15) is 44.9 Å². The van der Waals surface area contributed by atoms with Crippen molar-refractivity contribution in [2.45, 2.75) is 53.1 Å². The third-order valence-corrected chi connectivity index (χ3v) is 3.59. The van der Waals surface area contributed by atoms with Crippen LogP contribution in [0, 0.1) is 13.8 Å². The van der Waals surface area contributed by atoms with Gasteiger partial charge in [0.25, 0.3) is 0 Å². The van der Waals surface area contributed by atoms with Crippen molar-refractivity contribution in [1.82, 2.24) is 14.9 Å². The summed E-state index contributed by atoms with van der Waals surface area (Å²) in [6.45, 7) is 14.1. The fraction of sp³-hybridized carbons (Fsp3) is 0.562. The zero-order valence-corrected chi connectivity index (χ0v) is 12.9. The third kappa shape index (κ3) is 3.16. The first-order valence-corrected chi connectivity index (χ1v) is 6.97. The van der Waals surface area contributed by atoms with E-state index < -0.39 is 0 Å². The molecule has 0 bridgehead atoms. The summed E-state index contributed by atoms with van der Waals surface area (Å²) < 4.78 is 2.26. The monoisotopic (exact) mass is 259 g/mol. The molecule has 1 aromatic carbocycles. The van der Waals surface area contributed by atoms with Crippen molar-refractivity contribution in [2.24, 2.45) is 0 Å². The molecule has 3 heteroatoms. The quantitative estimate of drug-likeness (QED) is 0.912. The van der Waals surface area contributed by atoms with Crippen molar-refractivity contribution in [3.05, 3.63) is 29.6 Å². The van der Waals surface area contributed by atoms with E-state index in [1.807, 2.05) is 6.33 Å². The van der Waals surface area contributed by atoms with Crippen LogP contribution >= 0.6 is 0 Å². The Labute approximate surface area is 116 Å². The SMILES string of the molecule is Cc1cc2ncn(C(C)CNC(C)(C)C)c2cc1C. The van der Waals surface area contributed by atoms with Gasteiger partial charge in [0.1, 0.15) is 0 Å². The van der Waals surface area contributed by atoms with Gasteiger partial charge in [-0.2, -0.15) is 0 Å². The van der Waals surface area contributed by atoms with Gasteiger partial charge in [0.05, 0.1) is 17.4 Å². The fourth-order valence-electron chi connectivity index (χ4n) is 2.19. The molecule has 0 saturated carbocycles. The summed E-state index contributed by atoms with van der Waals surface area (Å²) >= 11 is 0. The number of hydrogen-bond acceptors (Lipinski definition) is 2. The molecule has 0 spiro atoms. The molecule has 1 atom stereocenters. The van der Waals surface area contributed by atoms with Crippen LogP contribution in [0.5, 0.6) is 0 Å². The van der Waals surface area contributed by atoms with E-state index in [1.54, 1.807) is 0 Å². The zero-order valence-electron chi connectivity index (χ0n) is 12.9. The second-order valence-corrected chi connectivity index (χ2v) is 6.56. The Balaban J connectivity index is 2.27. The zero-order chi connectivity index (χ0) is 14.2. The molecular formula is C16H25N3. The van der Waals surface area contributed by atoms with E-state index in [1.165, 1.54) is 16.6 Å².